The third-order valence-electron chi connectivity index (χ3n) is 2.16. The molecule has 1 heterocycles. The fourth-order valence-corrected chi connectivity index (χ4v) is 1.97. The fraction of sp³-hybridized carbons (Fsp3) is 0.182. The molecule has 0 saturated carbocycles. The van der Waals surface area contributed by atoms with E-state index in [1.54, 1.807) is 0 Å². The zero-order valence-electron chi connectivity index (χ0n) is 8.16. The number of anilines is 1. The maximum atomic E-state index is 4.35. The minimum Gasteiger partial charge on any atom is -0.377 e. The molecule has 0 N–H and O–H groups in total. The molecule has 0 atom stereocenters. The van der Waals surface area contributed by atoms with Crippen molar-refractivity contribution in [2.45, 2.75) is 0 Å². The minimum atomic E-state index is 1.06. The van der Waals surface area contributed by atoms with Gasteiger partial charge >= 0.3 is 0 Å². The molecule has 0 aliphatic carbocycles. The van der Waals surface area contributed by atoms with Crippen LogP contribution in [-0.4, -0.2) is 19.1 Å². The van der Waals surface area contributed by atoms with Crippen molar-refractivity contribution in [2.75, 3.05) is 19.0 Å². The number of hydrogen-bond donors (Lipinski definition) is 0. The van der Waals surface area contributed by atoms with Gasteiger partial charge in [-0.2, -0.15) is 0 Å². The molecule has 1 aromatic carbocycles. The molecule has 0 spiro atoms. The topological polar surface area (TPSA) is 16.1 Å². The summed E-state index contributed by atoms with van der Waals surface area (Å²) in [5, 5.41) is 1.21. The van der Waals surface area contributed by atoms with E-state index in [-0.39, 0.29) is 0 Å². The van der Waals surface area contributed by atoms with Crippen LogP contribution in [0.4, 0.5) is 5.69 Å². The summed E-state index contributed by atoms with van der Waals surface area (Å²) >= 11 is 2.30. The maximum absolute atomic E-state index is 4.35. The van der Waals surface area contributed by atoms with E-state index < -0.39 is 0 Å². The highest BCUT2D eigenvalue weighted by Gasteiger charge is 2.03. The zero-order valence-corrected chi connectivity index (χ0v) is 10.3. The summed E-state index contributed by atoms with van der Waals surface area (Å²) in [4.78, 5) is 6.46. The maximum Gasteiger partial charge on any atom is 0.0733 e. The van der Waals surface area contributed by atoms with E-state index in [1.165, 1.54) is 14.6 Å². The summed E-state index contributed by atoms with van der Waals surface area (Å²) in [6, 6.07) is 8.37. The highest BCUT2D eigenvalue weighted by molar-refractivity contribution is 14.1. The van der Waals surface area contributed by atoms with Gasteiger partial charge in [0.05, 0.1) is 5.52 Å². The number of fused-ring (bicyclic) bond motifs is 1. The molecule has 1 aromatic heterocycles. The summed E-state index contributed by atoms with van der Waals surface area (Å²) in [5.74, 6) is 0. The van der Waals surface area contributed by atoms with Gasteiger partial charge in [-0.05, 0) is 46.9 Å². The van der Waals surface area contributed by atoms with Crippen LogP contribution in [0.1, 0.15) is 0 Å². The van der Waals surface area contributed by atoms with Gasteiger partial charge in [-0.3, -0.25) is 4.98 Å². The molecule has 3 heteroatoms. The van der Waals surface area contributed by atoms with Crippen LogP contribution in [0.5, 0.6) is 0 Å². The average molecular weight is 298 g/mol. The molecule has 72 valence electrons. The summed E-state index contributed by atoms with van der Waals surface area (Å²) in [6.45, 7) is 0. The molecule has 14 heavy (non-hydrogen) atoms. The van der Waals surface area contributed by atoms with Gasteiger partial charge < -0.3 is 4.90 Å². The SMILES string of the molecule is CN(C)c1ccnc2cc(I)ccc12. The second-order valence-electron chi connectivity index (χ2n) is 3.39. The molecule has 0 amide bonds. The molecule has 0 aliphatic rings. The Bertz CT molecular complexity index is 466. The van der Waals surface area contributed by atoms with Crippen LogP contribution in [0, 0.1) is 3.57 Å². The molecule has 0 fully saturated rings. The monoisotopic (exact) mass is 298 g/mol. The van der Waals surface area contributed by atoms with Gasteiger partial charge in [-0.15, -0.1) is 0 Å². The molecular weight excluding hydrogens is 287 g/mol. The summed E-state index contributed by atoms with van der Waals surface area (Å²) in [6.07, 6.45) is 1.85. The van der Waals surface area contributed by atoms with Crippen LogP contribution in [0.3, 0.4) is 0 Å². The first-order chi connectivity index (χ1) is 6.68. The lowest BCUT2D eigenvalue weighted by atomic mass is 10.2. The molecule has 0 radical (unpaired) electrons. The van der Waals surface area contributed by atoms with E-state index in [2.05, 4.69) is 50.7 Å². The van der Waals surface area contributed by atoms with Crippen LogP contribution in [-0.2, 0) is 0 Å². The number of aromatic nitrogens is 1. The number of rotatable bonds is 1. The van der Waals surface area contributed by atoms with Gasteiger partial charge in [0.25, 0.3) is 0 Å². The van der Waals surface area contributed by atoms with Crippen LogP contribution in [0.25, 0.3) is 10.9 Å². The van der Waals surface area contributed by atoms with Crippen molar-refractivity contribution in [2.24, 2.45) is 0 Å². The van der Waals surface area contributed by atoms with Crippen molar-refractivity contribution < 1.29 is 0 Å². The van der Waals surface area contributed by atoms with E-state index in [1.807, 2.05) is 26.4 Å². The summed E-state index contributed by atoms with van der Waals surface area (Å²) < 4.78 is 1.22. The average Bonchev–Trinajstić information content (AvgIpc) is 2.16. The summed E-state index contributed by atoms with van der Waals surface area (Å²) in [5.41, 5.74) is 2.27. The van der Waals surface area contributed by atoms with E-state index in [0.717, 1.165) is 5.52 Å². The molecule has 2 rings (SSSR count). The predicted octanol–water partition coefficient (Wildman–Crippen LogP) is 2.91. The van der Waals surface area contributed by atoms with Crippen molar-refractivity contribution in [1.82, 2.24) is 4.98 Å². The van der Waals surface area contributed by atoms with Crippen LogP contribution in [0.2, 0.25) is 0 Å². The first kappa shape index (κ1) is 9.71. The highest BCUT2D eigenvalue weighted by atomic mass is 127. The van der Waals surface area contributed by atoms with Crippen LogP contribution < -0.4 is 4.90 Å². The fourth-order valence-electron chi connectivity index (χ4n) is 1.50. The van der Waals surface area contributed by atoms with E-state index in [0.29, 0.717) is 0 Å². The van der Waals surface area contributed by atoms with Gasteiger partial charge in [-0.1, -0.05) is 0 Å². The molecular formula is C11H11IN2. The number of nitrogens with zero attached hydrogens (tertiary/aromatic N) is 2. The quantitative estimate of drug-likeness (QED) is 0.753. The Morgan fingerprint density at radius 3 is 2.71 bits per heavy atom. The molecule has 0 saturated heterocycles. The van der Waals surface area contributed by atoms with E-state index in [9.17, 15) is 0 Å². The lowest BCUT2D eigenvalue weighted by molar-refractivity contribution is 1.14. The summed E-state index contributed by atoms with van der Waals surface area (Å²) in [7, 11) is 4.10. The van der Waals surface area contributed by atoms with Gasteiger partial charge in [0.15, 0.2) is 0 Å². The Hall–Kier alpha value is -0.840. The van der Waals surface area contributed by atoms with E-state index in [4.69, 9.17) is 0 Å². The normalized spacial score (nSPS) is 10.5. The largest absolute Gasteiger partial charge is 0.377 e. The van der Waals surface area contributed by atoms with Crippen LogP contribution in [0.15, 0.2) is 30.5 Å². The smallest absolute Gasteiger partial charge is 0.0733 e. The van der Waals surface area contributed by atoms with Gasteiger partial charge in [-0.25, -0.2) is 0 Å². The Morgan fingerprint density at radius 1 is 1.21 bits per heavy atom. The molecule has 2 aromatic rings. The first-order valence-corrected chi connectivity index (χ1v) is 5.48. The highest BCUT2D eigenvalue weighted by Crippen LogP contribution is 2.24. The van der Waals surface area contributed by atoms with Crippen molar-refractivity contribution in [1.29, 1.82) is 0 Å². The van der Waals surface area contributed by atoms with Gasteiger partial charge in [0, 0.05) is 34.9 Å². The van der Waals surface area contributed by atoms with Crippen molar-refractivity contribution in [3.05, 3.63) is 34.0 Å². The standard InChI is InChI=1S/C11H11IN2/c1-14(2)11-5-6-13-10-7-8(12)3-4-9(10)11/h3-7H,1-2H3. The van der Waals surface area contributed by atoms with Gasteiger partial charge in [0.1, 0.15) is 0 Å². The number of pyridine rings is 1. The second kappa shape index (κ2) is 3.73. The first-order valence-electron chi connectivity index (χ1n) is 4.40. The second-order valence-corrected chi connectivity index (χ2v) is 4.63. The Morgan fingerprint density at radius 2 is 2.00 bits per heavy atom. The molecule has 0 aliphatic heterocycles. The predicted molar refractivity (Wildman–Crippen MR) is 68.8 cm³/mol. The molecule has 2 nitrogen and oxygen atoms in total. The van der Waals surface area contributed by atoms with Crippen molar-refractivity contribution >= 4 is 39.2 Å². The third-order valence-corrected chi connectivity index (χ3v) is 2.83. The lowest BCUT2D eigenvalue weighted by Crippen LogP contribution is -2.09. The Labute approximate surface area is 97.1 Å². The van der Waals surface area contributed by atoms with E-state index >= 15 is 0 Å². The number of hydrogen-bond acceptors (Lipinski definition) is 2. The Balaban J connectivity index is 2.75. The number of halogens is 1. The Kier molecular flexibility index (Phi) is 2.58. The van der Waals surface area contributed by atoms with Crippen LogP contribution >= 0.6 is 22.6 Å². The zero-order chi connectivity index (χ0) is 10.1. The molecule has 0 unspecified atom stereocenters. The third kappa shape index (κ3) is 1.68. The minimum absolute atomic E-state index is 1.06. The van der Waals surface area contributed by atoms with Crippen molar-refractivity contribution in [3.8, 4) is 0 Å². The van der Waals surface area contributed by atoms with Gasteiger partial charge in [0.2, 0.25) is 0 Å². The molecule has 0 bridgehead atoms. The lowest BCUT2D eigenvalue weighted by Gasteiger charge is -2.14. The van der Waals surface area contributed by atoms with Crippen molar-refractivity contribution in [3.63, 3.8) is 0 Å². The number of benzene rings is 1.